The van der Waals surface area contributed by atoms with E-state index in [1.54, 1.807) is 0 Å². The molecule has 2 aromatic rings. The molecule has 6 heteroatoms. The number of carbonyl (C=O) groups excluding carboxylic acids is 2. The van der Waals surface area contributed by atoms with Crippen LogP contribution in [0.25, 0.3) is 0 Å². The zero-order chi connectivity index (χ0) is 22.6. The fourth-order valence-corrected chi connectivity index (χ4v) is 3.91. The molecule has 0 aliphatic carbocycles. The molecule has 0 fully saturated rings. The SMILES string of the molecule is CCCN(CC(=O)CC(=O)CN(CCC)C(=S)c1ccccc1)C(=S)c1ccccc1. The summed E-state index contributed by atoms with van der Waals surface area (Å²) in [5.74, 6) is -0.252. The minimum absolute atomic E-state index is 0.116. The van der Waals surface area contributed by atoms with Crippen LogP contribution in [0.2, 0.25) is 0 Å². The van der Waals surface area contributed by atoms with Crippen molar-refractivity contribution in [2.75, 3.05) is 26.2 Å². The van der Waals surface area contributed by atoms with Crippen molar-refractivity contribution in [1.82, 2.24) is 9.80 Å². The van der Waals surface area contributed by atoms with Gasteiger partial charge < -0.3 is 9.80 Å². The van der Waals surface area contributed by atoms with Gasteiger partial charge in [0.25, 0.3) is 0 Å². The van der Waals surface area contributed by atoms with E-state index in [2.05, 4.69) is 0 Å². The van der Waals surface area contributed by atoms with Gasteiger partial charge in [-0.25, -0.2) is 0 Å². The van der Waals surface area contributed by atoms with Crippen molar-refractivity contribution >= 4 is 46.0 Å². The molecular formula is C25H30N2O2S2. The molecule has 0 unspecified atom stereocenters. The summed E-state index contributed by atoms with van der Waals surface area (Å²) in [6.07, 6.45) is 1.61. The van der Waals surface area contributed by atoms with E-state index in [0.29, 0.717) is 23.1 Å². The lowest BCUT2D eigenvalue weighted by Gasteiger charge is -2.25. The molecule has 0 spiro atoms. The average Bonchev–Trinajstić information content (AvgIpc) is 2.78. The highest BCUT2D eigenvalue weighted by molar-refractivity contribution is 7.80. The highest BCUT2D eigenvalue weighted by atomic mass is 32.1. The normalized spacial score (nSPS) is 10.4. The molecule has 0 radical (unpaired) electrons. The summed E-state index contributed by atoms with van der Waals surface area (Å²) in [6, 6.07) is 19.3. The van der Waals surface area contributed by atoms with E-state index in [1.165, 1.54) is 0 Å². The van der Waals surface area contributed by atoms with Gasteiger partial charge in [-0.15, -0.1) is 0 Å². The summed E-state index contributed by atoms with van der Waals surface area (Å²) >= 11 is 11.2. The zero-order valence-electron chi connectivity index (χ0n) is 18.3. The summed E-state index contributed by atoms with van der Waals surface area (Å²) < 4.78 is 0. The van der Waals surface area contributed by atoms with E-state index in [0.717, 1.165) is 24.0 Å². The van der Waals surface area contributed by atoms with Gasteiger partial charge in [0.05, 0.1) is 19.5 Å². The molecule has 4 nitrogen and oxygen atoms in total. The van der Waals surface area contributed by atoms with Crippen molar-refractivity contribution in [2.45, 2.75) is 33.1 Å². The second kappa shape index (κ2) is 13.1. The van der Waals surface area contributed by atoms with Crippen LogP contribution in [0.5, 0.6) is 0 Å². The fraction of sp³-hybridized carbons (Fsp3) is 0.360. The predicted molar refractivity (Wildman–Crippen MR) is 135 cm³/mol. The number of hydrogen-bond acceptors (Lipinski definition) is 4. The van der Waals surface area contributed by atoms with Crippen LogP contribution in [-0.2, 0) is 9.59 Å². The number of benzene rings is 2. The highest BCUT2D eigenvalue weighted by Gasteiger charge is 2.20. The quantitative estimate of drug-likeness (QED) is 0.342. The monoisotopic (exact) mass is 454 g/mol. The Morgan fingerprint density at radius 2 is 1.03 bits per heavy atom. The van der Waals surface area contributed by atoms with Gasteiger partial charge in [-0.2, -0.15) is 0 Å². The van der Waals surface area contributed by atoms with Crippen LogP contribution in [0.3, 0.4) is 0 Å². The summed E-state index contributed by atoms with van der Waals surface area (Å²) in [5, 5.41) is 0. The van der Waals surface area contributed by atoms with Gasteiger partial charge in [-0.05, 0) is 12.8 Å². The maximum absolute atomic E-state index is 12.7. The van der Waals surface area contributed by atoms with E-state index in [-0.39, 0.29) is 31.1 Å². The lowest BCUT2D eigenvalue weighted by Crippen LogP contribution is -2.39. The van der Waals surface area contributed by atoms with Crippen LogP contribution in [-0.4, -0.2) is 57.5 Å². The predicted octanol–water partition coefficient (Wildman–Crippen LogP) is 4.69. The first kappa shape index (κ1) is 24.8. The van der Waals surface area contributed by atoms with Crippen molar-refractivity contribution in [3.8, 4) is 0 Å². The molecule has 0 heterocycles. The van der Waals surface area contributed by atoms with Gasteiger partial charge in [0.15, 0.2) is 11.6 Å². The molecule has 2 rings (SSSR count). The Kier molecular flexibility index (Phi) is 10.5. The Balaban J connectivity index is 1.98. The van der Waals surface area contributed by atoms with Gasteiger partial charge in [0.2, 0.25) is 0 Å². The number of carbonyl (C=O) groups is 2. The summed E-state index contributed by atoms with van der Waals surface area (Å²) in [7, 11) is 0. The van der Waals surface area contributed by atoms with Crippen LogP contribution in [0.4, 0.5) is 0 Å². The maximum Gasteiger partial charge on any atom is 0.159 e. The molecule has 0 saturated heterocycles. The maximum atomic E-state index is 12.7. The van der Waals surface area contributed by atoms with Crippen LogP contribution in [0.15, 0.2) is 60.7 Å². The molecule has 0 aromatic heterocycles. The molecule has 31 heavy (non-hydrogen) atoms. The lowest BCUT2D eigenvalue weighted by atomic mass is 10.1. The molecule has 2 aromatic carbocycles. The smallest absolute Gasteiger partial charge is 0.159 e. The van der Waals surface area contributed by atoms with Gasteiger partial charge in [0.1, 0.15) is 9.98 Å². The van der Waals surface area contributed by atoms with Crippen LogP contribution in [0, 0.1) is 0 Å². The number of hydrogen-bond donors (Lipinski definition) is 0. The van der Waals surface area contributed by atoms with E-state index < -0.39 is 0 Å². The van der Waals surface area contributed by atoms with Crippen LogP contribution < -0.4 is 0 Å². The van der Waals surface area contributed by atoms with E-state index in [1.807, 2.05) is 84.3 Å². The van der Waals surface area contributed by atoms with Gasteiger partial charge in [-0.3, -0.25) is 9.59 Å². The molecule has 0 atom stereocenters. The van der Waals surface area contributed by atoms with Crippen LogP contribution >= 0.6 is 24.4 Å². The van der Waals surface area contributed by atoms with Crippen molar-refractivity contribution in [3.05, 3.63) is 71.8 Å². The van der Waals surface area contributed by atoms with E-state index in [9.17, 15) is 9.59 Å². The Hall–Kier alpha value is -2.44. The Bertz CT molecular complexity index is 811. The third-order valence-corrected chi connectivity index (χ3v) is 5.72. The first-order valence-corrected chi connectivity index (χ1v) is 11.5. The number of thiocarbonyl (C=S) groups is 2. The standard InChI is InChI=1S/C25H30N2O2S2/c1-3-15-26(24(30)20-11-7-5-8-12-20)18-22(28)17-23(29)19-27(16-4-2)25(31)21-13-9-6-10-14-21/h5-14H,3-4,15-19H2,1-2H3. The minimum atomic E-state index is -0.126. The van der Waals surface area contributed by atoms with E-state index in [4.69, 9.17) is 24.4 Å². The number of ketones is 2. The largest absolute Gasteiger partial charge is 0.355 e. The summed E-state index contributed by atoms with van der Waals surface area (Å²) in [6.45, 7) is 5.72. The topological polar surface area (TPSA) is 40.6 Å². The summed E-state index contributed by atoms with van der Waals surface area (Å²) in [5.41, 5.74) is 1.82. The highest BCUT2D eigenvalue weighted by Crippen LogP contribution is 2.10. The molecule has 0 bridgehead atoms. The molecule has 0 amide bonds. The lowest BCUT2D eigenvalue weighted by molar-refractivity contribution is -0.127. The second-order valence-electron chi connectivity index (χ2n) is 7.44. The Morgan fingerprint density at radius 1 is 0.677 bits per heavy atom. The third kappa shape index (κ3) is 7.96. The Morgan fingerprint density at radius 3 is 1.35 bits per heavy atom. The Labute approximate surface area is 196 Å². The van der Waals surface area contributed by atoms with Crippen molar-refractivity contribution in [1.29, 1.82) is 0 Å². The molecule has 0 aliphatic rings. The van der Waals surface area contributed by atoms with Crippen molar-refractivity contribution in [2.24, 2.45) is 0 Å². The molecule has 0 N–H and O–H groups in total. The molecule has 164 valence electrons. The van der Waals surface area contributed by atoms with Crippen molar-refractivity contribution < 1.29 is 9.59 Å². The number of rotatable bonds is 12. The zero-order valence-corrected chi connectivity index (χ0v) is 19.9. The first-order chi connectivity index (χ1) is 15.0. The van der Waals surface area contributed by atoms with E-state index >= 15 is 0 Å². The van der Waals surface area contributed by atoms with Gasteiger partial charge in [-0.1, -0.05) is 98.9 Å². The van der Waals surface area contributed by atoms with Gasteiger partial charge >= 0.3 is 0 Å². The minimum Gasteiger partial charge on any atom is -0.355 e. The third-order valence-electron chi connectivity index (χ3n) is 4.73. The average molecular weight is 455 g/mol. The molecular weight excluding hydrogens is 424 g/mol. The number of Topliss-reactive ketones (excluding diaryl/α,β-unsaturated/α-hetero) is 2. The molecule has 0 saturated carbocycles. The molecule has 0 aliphatic heterocycles. The van der Waals surface area contributed by atoms with Gasteiger partial charge in [0, 0.05) is 24.2 Å². The van der Waals surface area contributed by atoms with Crippen LogP contribution in [0.1, 0.15) is 44.2 Å². The summed E-state index contributed by atoms with van der Waals surface area (Å²) in [4.78, 5) is 30.4. The van der Waals surface area contributed by atoms with Crippen molar-refractivity contribution in [3.63, 3.8) is 0 Å². The number of nitrogens with zero attached hydrogens (tertiary/aromatic N) is 2. The second-order valence-corrected chi connectivity index (χ2v) is 8.21. The first-order valence-electron chi connectivity index (χ1n) is 10.7. The fourth-order valence-electron chi connectivity index (χ4n) is 3.33.